The Morgan fingerprint density at radius 3 is 1.76 bits per heavy atom. The van der Waals surface area contributed by atoms with Crippen molar-refractivity contribution in [3.8, 4) is 0 Å². The highest BCUT2D eigenvalue weighted by Gasteiger charge is 2.36. The van der Waals surface area contributed by atoms with Gasteiger partial charge in [0.2, 0.25) is 0 Å². The van der Waals surface area contributed by atoms with Crippen LogP contribution in [0, 0.1) is 23.7 Å². The van der Waals surface area contributed by atoms with Crippen molar-refractivity contribution in [1.29, 1.82) is 0 Å². The minimum atomic E-state index is -4.55. The molecule has 3 fully saturated rings. The molecule has 2 saturated carbocycles. The average Bonchev–Trinajstić information content (AvgIpc) is 2.61. The predicted molar refractivity (Wildman–Crippen MR) is 86.5 cm³/mol. The molecule has 1 heterocycles. The smallest absolute Gasteiger partial charge is 0.352 e. The lowest BCUT2D eigenvalue weighted by molar-refractivity contribution is -0.211. The molecule has 0 aromatic rings. The number of ether oxygens (including phenoxy) is 2. The fourth-order valence-corrected chi connectivity index (χ4v) is 4.81. The Hall–Kier alpha value is -0.620. The van der Waals surface area contributed by atoms with Gasteiger partial charge in [-0.15, -0.1) is 0 Å². The lowest BCUT2D eigenvalue weighted by Crippen LogP contribution is -2.36. The standard InChI is InChI=1S/C19H28F4O2/c20-17(12-19(21,22)23)15-6-2-13(3-7-15)14-4-8-16(9-5-14)18-24-10-1-11-25-18/h12-16,18H,1-11H2. The summed E-state index contributed by atoms with van der Waals surface area (Å²) in [6.07, 6.45) is 3.42. The van der Waals surface area contributed by atoms with E-state index < -0.39 is 17.9 Å². The molecule has 0 spiro atoms. The van der Waals surface area contributed by atoms with Gasteiger partial charge in [-0.3, -0.25) is 0 Å². The van der Waals surface area contributed by atoms with Gasteiger partial charge in [0.15, 0.2) is 6.29 Å². The van der Waals surface area contributed by atoms with Crippen LogP contribution in [0.2, 0.25) is 0 Å². The summed E-state index contributed by atoms with van der Waals surface area (Å²) in [6, 6.07) is 0. The summed E-state index contributed by atoms with van der Waals surface area (Å²) in [4.78, 5) is 0. The van der Waals surface area contributed by atoms with E-state index in [1.54, 1.807) is 0 Å². The molecule has 3 rings (SSSR count). The van der Waals surface area contributed by atoms with Crippen molar-refractivity contribution >= 4 is 0 Å². The van der Waals surface area contributed by atoms with Gasteiger partial charge in [0, 0.05) is 11.8 Å². The highest BCUT2D eigenvalue weighted by atomic mass is 19.4. The first-order valence-corrected chi connectivity index (χ1v) is 9.60. The molecule has 6 heteroatoms. The Kier molecular flexibility index (Phi) is 6.42. The molecule has 0 aromatic heterocycles. The zero-order valence-electron chi connectivity index (χ0n) is 14.6. The minimum Gasteiger partial charge on any atom is -0.352 e. The third kappa shape index (κ3) is 5.43. The summed E-state index contributed by atoms with van der Waals surface area (Å²) < 4.78 is 62.0. The summed E-state index contributed by atoms with van der Waals surface area (Å²) in [6.45, 7) is 1.57. The molecule has 1 saturated heterocycles. The minimum absolute atomic E-state index is 0.0490. The van der Waals surface area contributed by atoms with E-state index in [2.05, 4.69) is 0 Å². The van der Waals surface area contributed by atoms with E-state index in [0.29, 0.717) is 30.6 Å². The van der Waals surface area contributed by atoms with Crippen molar-refractivity contribution in [3.05, 3.63) is 11.9 Å². The van der Waals surface area contributed by atoms with Crippen LogP contribution < -0.4 is 0 Å². The number of hydrogen-bond acceptors (Lipinski definition) is 2. The molecule has 0 N–H and O–H groups in total. The molecular weight excluding hydrogens is 336 g/mol. The molecule has 144 valence electrons. The van der Waals surface area contributed by atoms with Gasteiger partial charge in [0.1, 0.15) is 5.83 Å². The van der Waals surface area contributed by atoms with Crippen LogP contribution in [0.4, 0.5) is 17.6 Å². The molecule has 0 aromatic carbocycles. The second kappa shape index (κ2) is 8.38. The summed E-state index contributed by atoms with van der Waals surface area (Å²) in [5, 5.41) is 0. The van der Waals surface area contributed by atoms with E-state index in [4.69, 9.17) is 9.47 Å². The Labute approximate surface area is 146 Å². The van der Waals surface area contributed by atoms with Crippen LogP contribution in [0.3, 0.4) is 0 Å². The van der Waals surface area contributed by atoms with Crippen molar-refractivity contribution in [2.75, 3.05) is 13.2 Å². The number of rotatable bonds is 3. The van der Waals surface area contributed by atoms with E-state index in [1.807, 2.05) is 0 Å². The summed E-state index contributed by atoms with van der Waals surface area (Å²) in [7, 11) is 0. The van der Waals surface area contributed by atoms with E-state index in [0.717, 1.165) is 58.2 Å². The van der Waals surface area contributed by atoms with Gasteiger partial charge in [-0.2, -0.15) is 13.2 Å². The van der Waals surface area contributed by atoms with E-state index in [9.17, 15) is 17.6 Å². The molecule has 2 nitrogen and oxygen atoms in total. The SMILES string of the molecule is FC(=CC(F)(F)F)C1CCC(C2CCC(C3OCCCO3)CC2)CC1. The van der Waals surface area contributed by atoms with Crippen molar-refractivity contribution in [1.82, 2.24) is 0 Å². The molecule has 3 aliphatic rings. The molecule has 25 heavy (non-hydrogen) atoms. The Morgan fingerprint density at radius 2 is 1.24 bits per heavy atom. The first-order valence-electron chi connectivity index (χ1n) is 9.60. The predicted octanol–water partition coefficient (Wildman–Crippen LogP) is 5.78. The van der Waals surface area contributed by atoms with Gasteiger partial charge in [-0.25, -0.2) is 4.39 Å². The van der Waals surface area contributed by atoms with Crippen molar-refractivity contribution in [2.24, 2.45) is 23.7 Å². The van der Waals surface area contributed by atoms with Crippen LogP contribution in [0.25, 0.3) is 0 Å². The third-order valence-electron chi connectivity index (χ3n) is 6.18. The Balaban J connectivity index is 1.42. The number of hydrogen-bond donors (Lipinski definition) is 0. The molecule has 0 atom stereocenters. The highest BCUT2D eigenvalue weighted by molar-refractivity contribution is 5.03. The monoisotopic (exact) mass is 364 g/mol. The highest BCUT2D eigenvalue weighted by Crippen LogP contribution is 2.44. The fourth-order valence-electron chi connectivity index (χ4n) is 4.81. The van der Waals surface area contributed by atoms with Gasteiger partial charge in [-0.1, -0.05) is 0 Å². The molecule has 0 bridgehead atoms. The third-order valence-corrected chi connectivity index (χ3v) is 6.18. The molecule has 0 radical (unpaired) electrons. The fraction of sp³-hybridized carbons (Fsp3) is 0.895. The second-order valence-electron chi connectivity index (χ2n) is 7.82. The topological polar surface area (TPSA) is 18.5 Å². The quantitative estimate of drug-likeness (QED) is 0.591. The van der Waals surface area contributed by atoms with Crippen LogP contribution >= 0.6 is 0 Å². The van der Waals surface area contributed by atoms with Crippen molar-refractivity contribution in [2.45, 2.75) is 70.3 Å². The Morgan fingerprint density at radius 1 is 0.760 bits per heavy atom. The van der Waals surface area contributed by atoms with Crippen LogP contribution in [-0.4, -0.2) is 25.7 Å². The molecule has 0 amide bonds. The average molecular weight is 364 g/mol. The van der Waals surface area contributed by atoms with Crippen LogP contribution in [0.15, 0.2) is 11.9 Å². The first kappa shape index (κ1) is 19.2. The number of allylic oxidation sites excluding steroid dienone is 2. The van der Waals surface area contributed by atoms with Gasteiger partial charge < -0.3 is 9.47 Å². The van der Waals surface area contributed by atoms with Gasteiger partial charge in [-0.05, 0) is 69.6 Å². The lowest BCUT2D eigenvalue weighted by Gasteiger charge is -2.40. The largest absolute Gasteiger partial charge is 0.412 e. The lowest BCUT2D eigenvalue weighted by atomic mass is 9.69. The maximum atomic E-state index is 13.7. The van der Waals surface area contributed by atoms with E-state index in [1.165, 1.54) is 0 Å². The zero-order chi connectivity index (χ0) is 17.9. The summed E-state index contributed by atoms with van der Waals surface area (Å²) in [5.41, 5.74) is 0. The zero-order valence-corrected chi connectivity index (χ0v) is 14.6. The van der Waals surface area contributed by atoms with Crippen LogP contribution in [-0.2, 0) is 9.47 Å². The van der Waals surface area contributed by atoms with E-state index >= 15 is 0 Å². The van der Waals surface area contributed by atoms with Gasteiger partial charge >= 0.3 is 6.18 Å². The second-order valence-corrected chi connectivity index (χ2v) is 7.82. The van der Waals surface area contributed by atoms with Crippen LogP contribution in [0.1, 0.15) is 57.8 Å². The van der Waals surface area contributed by atoms with Crippen molar-refractivity contribution in [3.63, 3.8) is 0 Å². The molecule has 1 aliphatic heterocycles. The summed E-state index contributed by atoms with van der Waals surface area (Å²) >= 11 is 0. The van der Waals surface area contributed by atoms with Crippen LogP contribution in [0.5, 0.6) is 0 Å². The molecule has 0 unspecified atom stereocenters. The summed E-state index contributed by atoms with van der Waals surface area (Å²) in [5.74, 6) is 0.0964. The first-order chi connectivity index (χ1) is 11.9. The maximum Gasteiger partial charge on any atom is 0.412 e. The Bertz CT molecular complexity index is 441. The normalized spacial score (nSPS) is 36.4. The van der Waals surface area contributed by atoms with Gasteiger partial charge in [0.25, 0.3) is 0 Å². The molecular formula is C19H28F4O2. The number of alkyl halides is 3. The maximum absolute atomic E-state index is 13.7. The van der Waals surface area contributed by atoms with Gasteiger partial charge in [0.05, 0.1) is 19.3 Å². The van der Waals surface area contributed by atoms with E-state index in [-0.39, 0.29) is 12.4 Å². The van der Waals surface area contributed by atoms with Crippen molar-refractivity contribution < 1.29 is 27.0 Å². The number of halogens is 4. The molecule has 2 aliphatic carbocycles.